The fraction of sp³-hybridized carbons (Fsp3) is 0.389. The molecule has 9 nitrogen and oxygen atoms in total. The molecule has 0 fully saturated rings. The lowest BCUT2D eigenvalue weighted by molar-refractivity contribution is 0.177. The first kappa shape index (κ1) is 23.0. The molecule has 0 aliphatic heterocycles. The van der Waals surface area contributed by atoms with Gasteiger partial charge in [0.15, 0.2) is 0 Å². The highest BCUT2D eigenvalue weighted by molar-refractivity contribution is 9.10. The summed E-state index contributed by atoms with van der Waals surface area (Å²) in [7, 11) is -2.54. The van der Waals surface area contributed by atoms with Crippen molar-refractivity contribution < 1.29 is 14.1 Å². The van der Waals surface area contributed by atoms with Crippen LogP contribution in [0.15, 0.2) is 33.2 Å². The number of hydrogen-bond donors (Lipinski definition) is 4. The largest absolute Gasteiger partial charge is 0.391 e. The number of urea groups is 1. The summed E-state index contributed by atoms with van der Waals surface area (Å²) in [5.41, 5.74) is 2.00. The van der Waals surface area contributed by atoms with Crippen molar-refractivity contribution in [3.63, 3.8) is 0 Å². The molecule has 2 amide bonds. The molecule has 0 spiro atoms. The molecular weight excluding hydrogens is 460 g/mol. The Morgan fingerprint density at radius 2 is 2.00 bits per heavy atom. The topological polar surface area (TPSA) is 129 Å². The third-order valence-corrected chi connectivity index (χ3v) is 5.06. The van der Waals surface area contributed by atoms with Crippen molar-refractivity contribution in [1.29, 1.82) is 0 Å². The van der Waals surface area contributed by atoms with Gasteiger partial charge in [-0.3, -0.25) is 0 Å². The predicted octanol–water partition coefficient (Wildman–Crippen LogP) is 3.73. The van der Waals surface area contributed by atoms with Crippen LogP contribution in [0, 0.1) is 6.92 Å². The predicted molar refractivity (Wildman–Crippen MR) is 120 cm³/mol. The van der Waals surface area contributed by atoms with E-state index < -0.39 is 21.9 Å². The molecule has 1 heterocycles. The monoisotopic (exact) mass is 484 g/mol. The number of aryl methyl sites for hydroxylation is 1. The second-order valence-electron chi connectivity index (χ2n) is 6.92. The molecule has 0 unspecified atom stereocenters. The maximum absolute atomic E-state index is 12.0. The van der Waals surface area contributed by atoms with E-state index in [1.165, 1.54) is 12.5 Å². The molecular formula is C18H25BrN6O3S. The van der Waals surface area contributed by atoms with Gasteiger partial charge in [-0.15, -0.1) is 4.36 Å². The van der Waals surface area contributed by atoms with Crippen LogP contribution in [0.2, 0.25) is 0 Å². The van der Waals surface area contributed by atoms with E-state index >= 15 is 0 Å². The van der Waals surface area contributed by atoms with E-state index in [0.29, 0.717) is 27.6 Å². The Kier molecular flexibility index (Phi) is 7.55. The van der Waals surface area contributed by atoms with Crippen molar-refractivity contribution in [3.8, 4) is 0 Å². The fourth-order valence-electron chi connectivity index (χ4n) is 2.17. The summed E-state index contributed by atoms with van der Waals surface area (Å²) in [6, 6.07) is 4.49. The van der Waals surface area contributed by atoms with Crippen molar-refractivity contribution in [2.45, 2.75) is 32.9 Å². The van der Waals surface area contributed by atoms with Crippen molar-refractivity contribution >= 4 is 54.8 Å². The van der Waals surface area contributed by atoms with Crippen molar-refractivity contribution in [2.24, 2.45) is 4.36 Å². The zero-order valence-electron chi connectivity index (χ0n) is 16.9. The fourth-order valence-corrected chi connectivity index (χ4v) is 2.92. The Morgan fingerprint density at radius 3 is 2.62 bits per heavy atom. The molecule has 158 valence electrons. The number of anilines is 4. The third kappa shape index (κ3) is 7.26. The molecule has 0 saturated carbocycles. The second kappa shape index (κ2) is 9.51. The molecule has 0 aliphatic carbocycles. The minimum Gasteiger partial charge on any atom is -0.391 e. The average molecular weight is 485 g/mol. The number of rotatable bonds is 6. The molecule has 4 N–H and O–H groups in total. The summed E-state index contributed by atoms with van der Waals surface area (Å²) in [6.07, 6.45) is 3.84. The number of carbonyl (C=O) groups is 1. The van der Waals surface area contributed by atoms with Gasteiger partial charge in [0.25, 0.3) is 0 Å². The number of nitrogens with zero attached hydrogens (tertiary/aromatic N) is 3. The highest BCUT2D eigenvalue weighted by Gasteiger charge is 2.13. The molecule has 0 radical (unpaired) electrons. The normalized spacial score (nSPS) is 13.3. The number of halogens is 1. The van der Waals surface area contributed by atoms with Crippen LogP contribution in [0.4, 0.5) is 27.9 Å². The van der Waals surface area contributed by atoms with Gasteiger partial charge in [-0.05, 0) is 54.4 Å². The Bertz CT molecular complexity index is 1010. The van der Waals surface area contributed by atoms with Gasteiger partial charge in [-0.25, -0.2) is 14.0 Å². The van der Waals surface area contributed by atoms with Crippen LogP contribution in [-0.2, 0) is 9.73 Å². The summed E-state index contributed by atoms with van der Waals surface area (Å²) in [4.78, 5) is 20.6. The van der Waals surface area contributed by atoms with Gasteiger partial charge >= 0.3 is 6.03 Å². The molecule has 1 aromatic heterocycles. The quantitative estimate of drug-likeness (QED) is 0.491. The summed E-state index contributed by atoms with van der Waals surface area (Å²) in [5, 5.41) is 18.5. The van der Waals surface area contributed by atoms with Crippen LogP contribution in [0.3, 0.4) is 0 Å². The van der Waals surface area contributed by atoms with Crippen LogP contribution in [-0.4, -0.2) is 50.0 Å². The van der Waals surface area contributed by atoms with E-state index in [1.807, 2.05) is 26.0 Å². The zero-order chi connectivity index (χ0) is 21.8. The van der Waals surface area contributed by atoms with Gasteiger partial charge < -0.3 is 21.1 Å². The van der Waals surface area contributed by atoms with Crippen LogP contribution >= 0.6 is 15.9 Å². The number of aromatic nitrogens is 2. The molecule has 2 aromatic rings. The number of benzene rings is 1. The average Bonchev–Trinajstić information content (AvgIpc) is 2.59. The number of amides is 2. The number of nitrogens with one attached hydrogen (secondary N) is 3. The minimum absolute atomic E-state index is 0.202. The molecule has 1 aromatic carbocycles. The molecule has 2 rings (SSSR count). The van der Waals surface area contributed by atoms with Crippen LogP contribution in [0.1, 0.15) is 19.4 Å². The number of hydrogen-bond acceptors (Lipinski definition) is 7. The Balaban J connectivity index is 2.22. The highest BCUT2D eigenvalue weighted by Crippen LogP contribution is 2.25. The molecule has 0 aliphatic rings. The third-order valence-electron chi connectivity index (χ3n) is 3.87. The van der Waals surface area contributed by atoms with Crippen LogP contribution < -0.4 is 16.0 Å². The van der Waals surface area contributed by atoms with E-state index in [4.69, 9.17) is 0 Å². The number of carbonyl (C=O) groups excluding carboxylic acids is 1. The molecule has 11 heteroatoms. The number of aliphatic hydroxyl groups excluding tert-OH is 1. The zero-order valence-corrected chi connectivity index (χ0v) is 19.3. The van der Waals surface area contributed by atoms with Crippen LogP contribution in [0.5, 0.6) is 0 Å². The SMILES string of the molecule is Cc1ccc(Nc2ncc(Br)c(N[C@H](C)[C@@H](C)O)n2)cc1NC(=O)N=S(C)(C)=O. The molecule has 0 bridgehead atoms. The van der Waals surface area contributed by atoms with Gasteiger partial charge in [-0.1, -0.05) is 6.07 Å². The highest BCUT2D eigenvalue weighted by atomic mass is 79.9. The van der Waals surface area contributed by atoms with Crippen LogP contribution in [0.25, 0.3) is 0 Å². The van der Waals surface area contributed by atoms with Crippen molar-refractivity contribution in [3.05, 3.63) is 34.4 Å². The van der Waals surface area contributed by atoms with Crippen molar-refractivity contribution in [2.75, 3.05) is 28.5 Å². The maximum atomic E-state index is 12.0. The minimum atomic E-state index is -2.54. The van der Waals surface area contributed by atoms with Gasteiger partial charge in [0, 0.05) is 30.1 Å². The molecule has 0 saturated heterocycles. The lowest BCUT2D eigenvalue weighted by Crippen LogP contribution is -2.28. The lowest BCUT2D eigenvalue weighted by atomic mass is 10.2. The maximum Gasteiger partial charge on any atom is 0.353 e. The molecule has 2 atom stereocenters. The van der Waals surface area contributed by atoms with E-state index in [-0.39, 0.29) is 6.04 Å². The second-order valence-corrected chi connectivity index (χ2v) is 10.3. The van der Waals surface area contributed by atoms with Gasteiger partial charge in [-0.2, -0.15) is 4.98 Å². The first-order valence-electron chi connectivity index (χ1n) is 8.77. The Hall–Kier alpha value is -2.24. The van der Waals surface area contributed by atoms with E-state index in [0.717, 1.165) is 5.56 Å². The van der Waals surface area contributed by atoms with Gasteiger partial charge in [0.2, 0.25) is 5.95 Å². The van der Waals surface area contributed by atoms with Gasteiger partial charge in [0.05, 0.1) is 26.3 Å². The first-order chi connectivity index (χ1) is 13.4. The standard InChI is InChI=1S/C18H25BrN6O3S/c1-10-6-7-13(8-15(10)23-18(27)25-29(4,5)28)22-17-20-9-14(19)16(24-17)21-11(2)12(3)26/h6-9,11-12,26H,1-5H3,(H,23,27)(H2,20,21,22,24)/t11-,12-/m1/s1. The summed E-state index contributed by atoms with van der Waals surface area (Å²) >= 11 is 3.39. The first-order valence-corrected chi connectivity index (χ1v) is 11.9. The number of aliphatic hydroxyl groups is 1. The van der Waals surface area contributed by atoms with E-state index in [2.05, 4.69) is 46.2 Å². The smallest absolute Gasteiger partial charge is 0.353 e. The molecule has 29 heavy (non-hydrogen) atoms. The lowest BCUT2D eigenvalue weighted by Gasteiger charge is -2.18. The Labute approximate surface area is 179 Å². The van der Waals surface area contributed by atoms with Crippen molar-refractivity contribution in [1.82, 2.24) is 9.97 Å². The summed E-state index contributed by atoms with van der Waals surface area (Å²) in [5.74, 6) is 0.875. The van der Waals surface area contributed by atoms with E-state index in [9.17, 15) is 14.1 Å². The van der Waals surface area contributed by atoms with E-state index in [1.54, 1.807) is 19.2 Å². The van der Waals surface area contributed by atoms with Gasteiger partial charge in [0.1, 0.15) is 5.82 Å². The summed E-state index contributed by atoms with van der Waals surface area (Å²) in [6.45, 7) is 5.37. The Morgan fingerprint density at radius 1 is 1.31 bits per heavy atom. The summed E-state index contributed by atoms with van der Waals surface area (Å²) < 4.78 is 16.0.